The molecule has 0 aliphatic carbocycles. The third-order valence-corrected chi connectivity index (χ3v) is 3.43. The number of nitrogens with zero attached hydrogens (tertiary/aromatic N) is 4. The zero-order chi connectivity index (χ0) is 15.2. The molecule has 2 heterocycles. The molecular weight excluding hydrogens is 274 g/mol. The first-order chi connectivity index (χ1) is 10.1. The summed E-state index contributed by atoms with van der Waals surface area (Å²) in [6, 6.07) is 0.0845. The molecule has 9 nitrogen and oxygen atoms in total. The van der Waals surface area contributed by atoms with Crippen molar-refractivity contribution in [1.82, 2.24) is 25.2 Å². The molecule has 1 aliphatic rings. The van der Waals surface area contributed by atoms with Gasteiger partial charge in [0, 0.05) is 25.7 Å². The van der Waals surface area contributed by atoms with Crippen LogP contribution in [-0.2, 0) is 11.3 Å². The molecule has 1 aliphatic heterocycles. The minimum Gasteiger partial charge on any atom is -0.369 e. The van der Waals surface area contributed by atoms with E-state index < -0.39 is 0 Å². The summed E-state index contributed by atoms with van der Waals surface area (Å²) >= 11 is 0. The fourth-order valence-corrected chi connectivity index (χ4v) is 2.36. The van der Waals surface area contributed by atoms with Gasteiger partial charge in [0.2, 0.25) is 5.91 Å². The van der Waals surface area contributed by atoms with Crippen molar-refractivity contribution in [3.8, 4) is 0 Å². The summed E-state index contributed by atoms with van der Waals surface area (Å²) in [5, 5.41) is 10.6. The molecular formula is C12H21N7O2. The molecule has 0 atom stereocenters. The van der Waals surface area contributed by atoms with Gasteiger partial charge in [0.15, 0.2) is 5.69 Å². The van der Waals surface area contributed by atoms with E-state index in [1.807, 2.05) is 4.90 Å². The molecule has 0 saturated carbocycles. The summed E-state index contributed by atoms with van der Waals surface area (Å²) in [6.07, 6.45) is 3.16. The lowest BCUT2D eigenvalue weighted by Crippen LogP contribution is -2.46. The Kier molecular flexibility index (Phi) is 5.23. The highest BCUT2D eigenvalue weighted by atomic mass is 16.2. The Bertz CT molecular complexity index is 494. The zero-order valence-corrected chi connectivity index (χ0v) is 11.9. The van der Waals surface area contributed by atoms with E-state index in [1.165, 1.54) is 0 Å². The molecule has 116 valence electrons. The highest BCUT2D eigenvalue weighted by molar-refractivity contribution is 5.92. The van der Waals surface area contributed by atoms with Crippen LogP contribution in [0.25, 0.3) is 0 Å². The number of primary amides is 1. The third kappa shape index (κ3) is 4.50. The van der Waals surface area contributed by atoms with E-state index in [4.69, 9.17) is 11.5 Å². The minimum absolute atomic E-state index is 0.0845. The molecule has 5 N–H and O–H groups in total. The molecule has 1 fully saturated rings. The lowest BCUT2D eigenvalue weighted by molar-refractivity contribution is -0.119. The predicted octanol–water partition coefficient (Wildman–Crippen LogP) is -2.08. The molecule has 0 radical (unpaired) electrons. The van der Waals surface area contributed by atoms with Gasteiger partial charge in [0.1, 0.15) is 0 Å². The summed E-state index contributed by atoms with van der Waals surface area (Å²) in [7, 11) is 0. The van der Waals surface area contributed by atoms with Gasteiger partial charge in [-0.05, 0) is 12.8 Å². The van der Waals surface area contributed by atoms with Gasteiger partial charge in [0.05, 0.1) is 19.3 Å². The number of piperidine rings is 1. The van der Waals surface area contributed by atoms with Gasteiger partial charge < -0.3 is 16.8 Å². The molecule has 1 saturated heterocycles. The Morgan fingerprint density at radius 2 is 2.10 bits per heavy atom. The first-order valence-corrected chi connectivity index (χ1v) is 7.00. The van der Waals surface area contributed by atoms with E-state index in [0.29, 0.717) is 18.8 Å². The fourth-order valence-electron chi connectivity index (χ4n) is 2.36. The van der Waals surface area contributed by atoms with Crippen molar-refractivity contribution in [3.63, 3.8) is 0 Å². The first kappa shape index (κ1) is 15.4. The van der Waals surface area contributed by atoms with Crippen molar-refractivity contribution >= 4 is 11.8 Å². The van der Waals surface area contributed by atoms with Crippen molar-refractivity contribution < 1.29 is 9.59 Å². The van der Waals surface area contributed by atoms with Crippen molar-refractivity contribution in [2.45, 2.75) is 25.4 Å². The van der Waals surface area contributed by atoms with Gasteiger partial charge in [-0.25, -0.2) is 0 Å². The fraction of sp³-hybridized carbons (Fsp3) is 0.667. The predicted molar refractivity (Wildman–Crippen MR) is 75.2 cm³/mol. The standard InChI is InChI=1S/C12H21N7O2/c13-3-6-19-7-10(16-17-19)12(21)15-9-1-4-18(5-2-9)8-11(14)20/h7,9H,1-6,8,13H2,(H2,14,20)(H,15,21). The topological polar surface area (TPSA) is 132 Å². The van der Waals surface area contributed by atoms with Crippen LogP contribution in [0.3, 0.4) is 0 Å². The highest BCUT2D eigenvalue weighted by Gasteiger charge is 2.22. The normalized spacial score (nSPS) is 16.8. The van der Waals surface area contributed by atoms with Crippen LogP contribution in [0.15, 0.2) is 6.20 Å². The largest absolute Gasteiger partial charge is 0.369 e. The van der Waals surface area contributed by atoms with Crippen LogP contribution in [0.5, 0.6) is 0 Å². The molecule has 21 heavy (non-hydrogen) atoms. The quantitative estimate of drug-likeness (QED) is 0.551. The molecule has 0 spiro atoms. The van der Waals surface area contributed by atoms with E-state index in [-0.39, 0.29) is 24.4 Å². The van der Waals surface area contributed by atoms with Crippen LogP contribution < -0.4 is 16.8 Å². The molecule has 0 bridgehead atoms. The molecule has 0 unspecified atom stereocenters. The SMILES string of the molecule is NCCn1cc(C(=O)NC2CCN(CC(N)=O)CC2)nn1. The van der Waals surface area contributed by atoms with E-state index in [0.717, 1.165) is 25.9 Å². The maximum atomic E-state index is 12.0. The Hall–Kier alpha value is -2.00. The average Bonchev–Trinajstić information content (AvgIpc) is 2.89. The number of nitrogens with one attached hydrogen (secondary N) is 1. The van der Waals surface area contributed by atoms with Gasteiger partial charge >= 0.3 is 0 Å². The Labute approximate surface area is 122 Å². The van der Waals surface area contributed by atoms with E-state index in [9.17, 15) is 9.59 Å². The number of carbonyl (C=O) groups is 2. The van der Waals surface area contributed by atoms with Gasteiger partial charge in [-0.2, -0.15) is 0 Å². The summed E-state index contributed by atoms with van der Waals surface area (Å²) in [5.41, 5.74) is 10.9. The minimum atomic E-state index is -0.325. The third-order valence-electron chi connectivity index (χ3n) is 3.43. The van der Waals surface area contributed by atoms with Gasteiger partial charge in [0.25, 0.3) is 5.91 Å². The number of nitrogens with two attached hydrogens (primary N) is 2. The van der Waals surface area contributed by atoms with E-state index in [1.54, 1.807) is 10.9 Å². The van der Waals surface area contributed by atoms with Gasteiger partial charge in [-0.3, -0.25) is 19.2 Å². The summed E-state index contributed by atoms with van der Waals surface area (Å²) < 4.78 is 1.55. The maximum absolute atomic E-state index is 12.0. The second-order valence-corrected chi connectivity index (χ2v) is 5.15. The van der Waals surface area contributed by atoms with E-state index in [2.05, 4.69) is 15.6 Å². The van der Waals surface area contributed by atoms with Crippen LogP contribution in [-0.4, -0.2) is 63.9 Å². The number of carbonyl (C=O) groups excluding carboxylic acids is 2. The second-order valence-electron chi connectivity index (χ2n) is 5.15. The summed E-state index contributed by atoms with van der Waals surface area (Å²) in [4.78, 5) is 24.9. The van der Waals surface area contributed by atoms with Gasteiger partial charge in [-0.15, -0.1) is 5.10 Å². The number of likely N-dealkylation sites (tertiary alicyclic amines) is 1. The lowest BCUT2D eigenvalue weighted by Gasteiger charge is -2.31. The van der Waals surface area contributed by atoms with Crippen molar-refractivity contribution in [2.75, 3.05) is 26.2 Å². The zero-order valence-electron chi connectivity index (χ0n) is 11.9. The number of hydrogen-bond acceptors (Lipinski definition) is 6. The smallest absolute Gasteiger partial charge is 0.273 e. The molecule has 9 heteroatoms. The highest BCUT2D eigenvalue weighted by Crippen LogP contribution is 2.10. The number of amides is 2. The number of hydrogen-bond donors (Lipinski definition) is 3. The van der Waals surface area contributed by atoms with Crippen molar-refractivity contribution in [2.24, 2.45) is 11.5 Å². The van der Waals surface area contributed by atoms with Crippen LogP contribution in [0.4, 0.5) is 0 Å². The van der Waals surface area contributed by atoms with Crippen molar-refractivity contribution in [1.29, 1.82) is 0 Å². The van der Waals surface area contributed by atoms with Crippen molar-refractivity contribution in [3.05, 3.63) is 11.9 Å². The second kappa shape index (κ2) is 7.14. The number of aromatic nitrogens is 3. The molecule has 2 amide bonds. The monoisotopic (exact) mass is 295 g/mol. The Balaban J connectivity index is 1.79. The Morgan fingerprint density at radius 3 is 2.71 bits per heavy atom. The molecule has 2 rings (SSSR count). The van der Waals surface area contributed by atoms with Crippen LogP contribution in [0, 0.1) is 0 Å². The van der Waals surface area contributed by atoms with Crippen LogP contribution >= 0.6 is 0 Å². The molecule has 1 aromatic heterocycles. The molecule has 1 aromatic rings. The average molecular weight is 295 g/mol. The summed E-state index contributed by atoms with van der Waals surface area (Å²) in [5.74, 6) is -0.555. The van der Waals surface area contributed by atoms with E-state index >= 15 is 0 Å². The molecule has 0 aromatic carbocycles. The first-order valence-electron chi connectivity index (χ1n) is 7.00. The van der Waals surface area contributed by atoms with Crippen LogP contribution in [0.2, 0.25) is 0 Å². The lowest BCUT2D eigenvalue weighted by atomic mass is 10.0. The van der Waals surface area contributed by atoms with Gasteiger partial charge in [-0.1, -0.05) is 5.21 Å². The Morgan fingerprint density at radius 1 is 1.38 bits per heavy atom. The maximum Gasteiger partial charge on any atom is 0.273 e. The number of rotatable bonds is 6. The summed E-state index contributed by atoms with van der Waals surface area (Å²) in [6.45, 7) is 2.74. The van der Waals surface area contributed by atoms with Crippen LogP contribution in [0.1, 0.15) is 23.3 Å².